The summed E-state index contributed by atoms with van der Waals surface area (Å²) < 4.78 is 5.69. The normalized spacial score (nSPS) is 12.4. The molecule has 3 heteroatoms. The molecule has 0 fully saturated rings. The van der Waals surface area contributed by atoms with Crippen LogP contribution in [0.4, 0.5) is 0 Å². The van der Waals surface area contributed by atoms with Gasteiger partial charge in [-0.3, -0.25) is 4.98 Å². The molecule has 1 rings (SSSR count). The van der Waals surface area contributed by atoms with E-state index in [1.165, 1.54) is 12.8 Å². The lowest BCUT2D eigenvalue weighted by Crippen LogP contribution is -2.15. The first kappa shape index (κ1) is 11.0. The van der Waals surface area contributed by atoms with Crippen LogP contribution in [0.1, 0.15) is 39.5 Å². The molecule has 0 saturated carbocycles. The lowest BCUT2D eigenvalue weighted by atomic mass is 10.1. The molecule has 0 amide bonds. The molecule has 0 aliphatic carbocycles. The van der Waals surface area contributed by atoms with Gasteiger partial charge in [-0.15, -0.1) is 0 Å². The van der Waals surface area contributed by atoms with Crippen molar-refractivity contribution in [3.8, 4) is 5.88 Å². The summed E-state index contributed by atoms with van der Waals surface area (Å²) in [6.07, 6.45) is 9.79. The molecule has 0 N–H and O–H groups in total. The average Bonchev–Trinajstić information content (AvgIpc) is 2.25. The van der Waals surface area contributed by atoms with Crippen LogP contribution in [0.2, 0.25) is 0 Å². The number of rotatable bonds is 6. The molecule has 1 aromatic rings. The fourth-order valence-corrected chi connectivity index (χ4v) is 1.30. The van der Waals surface area contributed by atoms with Crippen LogP contribution < -0.4 is 4.74 Å². The van der Waals surface area contributed by atoms with Gasteiger partial charge in [0.1, 0.15) is 6.10 Å². The van der Waals surface area contributed by atoms with Gasteiger partial charge in [-0.25, -0.2) is 4.98 Å². The minimum Gasteiger partial charge on any atom is -0.473 e. The highest BCUT2D eigenvalue weighted by Crippen LogP contribution is 2.12. The van der Waals surface area contributed by atoms with Crippen molar-refractivity contribution in [2.45, 2.75) is 45.6 Å². The average molecular weight is 194 g/mol. The van der Waals surface area contributed by atoms with Crippen molar-refractivity contribution in [2.24, 2.45) is 0 Å². The summed E-state index contributed by atoms with van der Waals surface area (Å²) in [5.41, 5.74) is 0. The van der Waals surface area contributed by atoms with E-state index in [-0.39, 0.29) is 6.10 Å². The van der Waals surface area contributed by atoms with Gasteiger partial charge in [0.2, 0.25) is 5.88 Å². The molecule has 0 aliphatic heterocycles. The van der Waals surface area contributed by atoms with E-state index in [0.29, 0.717) is 5.88 Å². The smallest absolute Gasteiger partial charge is 0.232 e. The molecule has 0 aliphatic rings. The third-order valence-corrected chi connectivity index (χ3v) is 2.16. The second-order valence-electron chi connectivity index (χ2n) is 3.33. The van der Waals surface area contributed by atoms with Crippen LogP contribution in [0.25, 0.3) is 0 Å². The molecular formula is C11H18N2O. The van der Waals surface area contributed by atoms with Gasteiger partial charge >= 0.3 is 0 Å². The summed E-state index contributed by atoms with van der Waals surface area (Å²) in [4.78, 5) is 8.05. The zero-order valence-electron chi connectivity index (χ0n) is 8.94. The fourth-order valence-electron chi connectivity index (χ4n) is 1.30. The number of ether oxygens (including phenoxy) is 1. The Bertz CT molecular complexity index is 238. The van der Waals surface area contributed by atoms with Gasteiger partial charge in [0, 0.05) is 12.4 Å². The highest BCUT2D eigenvalue weighted by atomic mass is 16.5. The second kappa shape index (κ2) is 6.35. The molecule has 0 aromatic carbocycles. The zero-order valence-corrected chi connectivity index (χ0v) is 8.94. The lowest BCUT2D eigenvalue weighted by molar-refractivity contribution is 0.175. The van der Waals surface area contributed by atoms with Crippen LogP contribution in [-0.2, 0) is 0 Å². The fraction of sp³-hybridized carbons (Fsp3) is 0.636. The van der Waals surface area contributed by atoms with Crippen molar-refractivity contribution >= 4 is 0 Å². The molecule has 0 spiro atoms. The summed E-state index contributed by atoms with van der Waals surface area (Å²) in [5, 5.41) is 0. The SMILES string of the molecule is CCCCC(CC)Oc1cnccn1. The summed E-state index contributed by atoms with van der Waals surface area (Å²) >= 11 is 0. The lowest BCUT2D eigenvalue weighted by Gasteiger charge is -2.15. The Kier molecular flexibility index (Phi) is 4.97. The highest BCUT2D eigenvalue weighted by molar-refractivity contribution is 5.01. The van der Waals surface area contributed by atoms with Gasteiger partial charge in [-0.1, -0.05) is 26.7 Å². The molecule has 1 unspecified atom stereocenters. The zero-order chi connectivity index (χ0) is 10.2. The Hall–Kier alpha value is -1.12. The molecule has 3 nitrogen and oxygen atoms in total. The van der Waals surface area contributed by atoms with Crippen molar-refractivity contribution in [3.63, 3.8) is 0 Å². The molecule has 1 heterocycles. The van der Waals surface area contributed by atoms with Crippen molar-refractivity contribution in [1.82, 2.24) is 9.97 Å². The van der Waals surface area contributed by atoms with E-state index in [1.54, 1.807) is 18.6 Å². The first-order valence-corrected chi connectivity index (χ1v) is 5.29. The number of aromatic nitrogens is 2. The molecular weight excluding hydrogens is 176 g/mol. The summed E-state index contributed by atoms with van der Waals surface area (Å²) in [7, 11) is 0. The van der Waals surface area contributed by atoms with Crippen molar-refractivity contribution in [3.05, 3.63) is 18.6 Å². The van der Waals surface area contributed by atoms with E-state index >= 15 is 0 Å². The summed E-state index contributed by atoms with van der Waals surface area (Å²) in [6, 6.07) is 0. The maximum absolute atomic E-state index is 5.69. The third-order valence-electron chi connectivity index (χ3n) is 2.16. The van der Waals surface area contributed by atoms with E-state index in [1.807, 2.05) is 0 Å². The second-order valence-corrected chi connectivity index (χ2v) is 3.33. The molecule has 0 bridgehead atoms. The molecule has 0 radical (unpaired) electrons. The van der Waals surface area contributed by atoms with E-state index in [4.69, 9.17) is 4.74 Å². The van der Waals surface area contributed by atoms with E-state index in [2.05, 4.69) is 23.8 Å². The first-order chi connectivity index (χ1) is 6.86. The third kappa shape index (κ3) is 3.73. The van der Waals surface area contributed by atoms with E-state index < -0.39 is 0 Å². The summed E-state index contributed by atoms with van der Waals surface area (Å²) in [5.74, 6) is 0.635. The Morgan fingerprint density at radius 3 is 2.79 bits per heavy atom. The van der Waals surface area contributed by atoms with Gasteiger partial charge < -0.3 is 4.74 Å². The van der Waals surface area contributed by atoms with Crippen molar-refractivity contribution in [1.29, 1.82) is 0 Å². The Morgan fingerprint density at radius 2 is 2.21 bits per heavy atom. The van der Waals surface area contributed by atoms with Crippen LogP contribution in [0.15, 0.2) is 18.6 Å². The van der Waals surface area contributed by atoms with Gasteiger partial charge in [0.05, 0.1) is 6.20 Å². The van der Waals surface area contributed by atoms with Gasteiger partial charge in [-0.05, 0) is 12.8 Å². The number of nitrogens with zero attached hydrogens (tertiary/aromatic N) is 2. The molecule has 78 valence electrons. The largest absolute Gasteiger partial charge is 0.473 e. The number of hydrogen-bond donors (Lipinski definition) is 0. The number of hydrogen-bond acceptors (Lipinski definition) is 3. The van der Waals surface area contributed by atoms with Crippen LogP contribution >= 0.6 is 0 Å². The maximum atomic E-state index is 5.69. The van der Waals surface area contributed by atoms with E-state index in [9.17, 15) is 0 Å². The first-order valence-electron chi connectivity index (χ1n) is 5.29. The van der Waals surface area contributed by atoms with Crippen LogP contribution in [0.3, 0.4) is 0 Å². The molecule has 0 saturated heterocycles. The van der Waals surface area contributed by atoms with Crippen LogP contribution in [0.5, 0.6) is 5.88 Å². The quantitative estimate of drug-likeness (QED) is 0.698. The predicted molar refractivity (Wildman–Crippen MR) is 56.3 cm³/mol. The Labute approximate surface area is 85.5 Å². The maximum Gasteiger partial charge on any atom is 0.232 e. The number of unbranched alkanes of at least 4 members (excludes halogenated alkanes) is 1. The van der Waals surface area contributed by atoms with Crippen LogP contribution in [-0.4, -0.2) is 16.1 Å². The predicted octanol–water partition coefficient (Wildman–Crippen LogP) is 2.82. The van der Waals surface area contributed by atoms with Gasteiger partial charge in [-0.2, -0.15) is 0 Å². The Morgan fingerprint density at radius 1 is 1.36 bits per heavy atom. The topological polar surface area (TPSA) is 35.0 Å². The Balaban J connectivity index is 2.40. The molecule has 14 heavy (non-hydrogen) atoms. The molecule has 1 atom stereocenters. The van der Waals surface area contributed by atoms with Crippen molar-refractivity contribution < 1.29 is 4.74 Å². The highest BCUT2D eigenvalue weighted by Gasteiger charge is 2.07. The standard InChI is InChI=1S/C11H18N2O/c1-3-5-6-10(4-2)14-11-9-12-7-8-13-11/h7-10H,3-6H2,1-2H3. The van der Waals surface area contributed by atoms with Crippen LogP contribution in [0, 0.1) is 0 Å². The van der Waals surface area contributed by atoms with Gasteiger partial charge in [0.25, 0.3) is 0 Å². The monoisotopic (exact) mass is 194 g/mol. The van der Waals surface area contributed by atoms with Crippen molar-refractivity contribution in [2.75, 3.05) is 0 Å². The minimum absolute atomic E-state index is 0.284. The minimum atomic E-state index is 0.284. The van der Waals surface area contributed by atoms with E-state index in [0.717, 1.165) is 12.8 Å². The summed E-state index contributed by atoms with van der Waals surface area (Å²) in [6.45, 7) is 4.33. The molecule has 1 aromatic heterocycles. The van der Waals surface area contributed by atoms with Gasteiger partial charge in [0.15, 0.2) is 0 Å².